The fraction of sp³-hybridized carbons (Fsp3) is 0.0625. The zero-order chi connectivity index (χ0) is 15.5. The van der Waals surface area contributed by atoms with Crippen molar-refractivity contribution in [3.05, 3.63) is 70.2 Å². The number of benzene rings is 2. The first-order valence-electron chi connectivity index (χ1n) is 6.68. The van der Waals surface area contributed by atoms with Crippen LogP contribution in [0.25, 0.3) is 11.4 Å². The molecule has 0 unspecified atom stereocenters. The van der Waals surface area contributed by atoms with E-state index in [1.165, 1.54) is 12.1 Å². The lowest BCUT2D eigenvalue weighted by atomic mass is 10.1. The van der Waals surface area contributed by atoms with Gasteiger partial charge in [0.25, 0.3) is 0 Å². The molecule has 6 heteroatoms. The largest absolute Gasteiger partial charge is 0.250 e. The Hall–Kier alpha value is -2.60. The summed E-state index contributed by atoms with van der Waals surface area (Å²) in [6.07, 6.45) is 1.62. The van der Waals surface area contributed by atoms with Crippen LogP contribution in [-0.2, 0) is 0 Å². The number of aryl methyl sites for hydroxylation is 1. The number of rotatable bonds is 3. The summed E-state index contributed by atoms with van der Waals surface area (Å²) in [6, 6.07) is 13.9. The monoisotopic (exact) mass is 312 g/mol. The van der Waals surface area contributed by atoms with Gasteiger partial charge in [0.2, 0.25) is 4.77 Å². The summed E-state index contributed by atoms with van der Waals surface area (Å²) in [5.41, 5.74) is 2.81. The van der Waals surface area contributed by atoms with Crippen molar-refractivity contribution in [1.82, 2.24) is 14.9 Å². The Morgan fingerprint density at radius 2 is 1.91 bits per heavy atom. The Morgan fingerprint density at radius 3 is 2.64 bits per heavy atom. The molecule has 2 aromatic carbocycles. The standard InChI is InChI=1S/C16H13FN4S/c1-11-4-2-3-5-14(11)15-19-20-16(22)21(15)18-10-12-6-8-13(17)9-7-12/h2-10H,1H3,(H,20,22)/b18-10-. The summed E-state index contributed by atoms with van der Waals surface area (Å²) in [7, 11) is 0. The third kappa shape index (κ3) is 2.87. The molecule has 3 aromatic rings. The Labute approximate surface area is 131 Å². The highest BCUT2D eigenvalue weighted by molar-refractivity contribution is 7.71. The number of H-pyrrole nitrogens is 1. The molecule has 0 saturated heterocycles. The van der Waals surface area contributed by atoms with Gasteiger partial charge in [0.15, 0.2) is 5.82 Å². The van der Waals surface area contributed by atoms with Crippen molar-refractivity contribution in [3.63, 3.8) is 0 Å². The molecule has 0 spiro atoms. The quantitative estimate of drug-likeness (QED) is 0.588. The van der Waals surface area contributed by atoms with Crippen LogP contribution in [0.15, 0.2) is 53.6 Å². The molecule has 1 aromatic heterocycles. The fourth-order valence-corrected chi connectivity index (χ4v) is 2.25. The molecule has 3 rings (SSSR count). The lowest BCUT2D eigenvalue weighted by Crippen LogP contribution is -1.96. The summed E-state index contributed by atoms with van der Waals surface area (Å²) in [5.74, 6) is 0.360. The Balaban J connectivity index is 2.02. The third-order valence-electron chi connectivity index (χ3n) is 3.23. The van der Waals surface area contributed by atoms with Gasteiger partial charge >= 0.3 is 0 Å². The van der Waals surface area contributed by atoms with Crippen molar-refractivity contribution in [2.24, 2.45) is 5.10 Å². The number of hydrogen-bond donors (Lipinski definition) is 1. The van der Waals surface area contributed by atoms with E-state index < -0.39 is 0 Å². The predicted octanol–water partition coefficient (Wildman–Crippen LogP) is 3.94. The molecule has 4 nitrogen and oxygen atoms in total. The molecule has 1 N–H and O–H groups in total. The second-order valence-electron chi connectivity index (χ2n) is 4.78. The maximum absolute atomic E-state index is 12.9. The van der Waals surface area contributed by atoms with Gasteiger partial charge in [-0.05, 0) is 42.4 Å². The normalized spacial score (nSPS) is 11.2. The molecule has 0 bridgehead atoms. The topological polar surface area (TPSA) is 46.0 Å². The van der Waals surface area contributed by atoms with E-state index in [9.17, 15) is 4.39 Å². The Morgan fingerprint density at radius 1 is 1.18 bits per heavy atom. The molecule has 0 amide bonds. The molecule has 0 aliphatic rings. The van der Waals surface area contributed by atoms with Crippen LogP contribution in [0.4, 0.5) is 4.39 Å². The smallest absolute Gasteiger partial charge is 0.216 e. The van der Waals surface area contributed by atoms with Crippen molar-refractivity contribution in [2.45, 2.75) is 6.92 Å². The molecular formula is C16H13FN4S. The number of nitrogens with one attached hydrogen (secondary N) is 1. The average molecular weight is 312 g/mol. The molecule has 0 saturated carbocycles. The van der Waals surface area contributed by atoms with Crippen LogP contribution in [0.5, 0.6) is 0 Å². The van der Waals surface area contributed by atoms with Gasteiger partial charge in [-0.15, -0.1) is 0 Å². The maximum atomic E-state index is 12.9. The molecule has 0 aliphatic carbocycles. The molecular weight excluding hydrogens is 299 g/mol. The van der Waals surface area contributed by atoms with Crippen LogP contribution in [0.2, 0.25) is 0 Å². The zero-order valence-electron chi connectivity index (χ0n) is 11.8. The summed E-state index contributed by atoms with van der Waals surface area (Å²) >= 11 is 5.22. The van der Waals surface area contributed by atoms with Gasteiger partial charge in [-0.25, -0.2) is 9.49 Å². The summed E-state index contributed by atoms with van der Waals surface area (Å²) in [5, 5.41) is 11.4. The average Bonchev–Trinajstić information content (AvgIpc) is 2.88. The number of nitrogens with zero attached hydrogens (tertiary/aromatic N) is 3. The lowest BCUT2D eigenvalue weighted by molar-refractivity contribution is 0.628. The van der Waals surface area contributed by atoms with Crippen molar-refractivity contribution < 1.29 is 4.39 Å². The van der Waals surface area contributed by atoms with Gasteiger partial charge in [0, 0.05) is 5.56 Å². The van der Waals surface area contributed by atoms with Crippen molar-refractivity contribution in [3.8, 4) is 11.4 Å². The second kappa shape index (κ2) is 6.03. The summed E-state index contributed by atoms with van der Waals surface area (Å²) in [4.78, 5) is 0. The minimum atomic E-state index is -0.280. The van der Waals surface area contributed by atoms with E-state index in [0.29, 0.717) is 10.6 Å². The van der Waals surface area contributed by atoms with Crippen LogP contribution in [0, 0.1) is 17.5 Å². The molecule has 0 fully saturated rings. The van der Waals surface area contributed by atoms with Gasteiger partial charge in [0.1, 0.15) is 5.82 Å². The highest BCUT2D eigenvalue weighted by Crippen LogP contribution is 2.21. The van der Waals surface area contributed by atoms with Crippen LogP contribution in [-0.4, -0.2) is 21.1 Å². The van der Waals surface area contributed by atoms with E-state index in [0.717, 1.165) is 16.7 Å². The van der Waals surface area contributed by atoms with Gasteiger partial charge in [-0.1, -0.05) is 36.4 Å². The molecule has 1 heterocycles. The van der Waals surface area contributed by atoms with Crippen LogP contribution < -0.4 is 0 Å². The van der Waals surface area contributed by atoms with E-state index in [4.69, 9.17) is 12.2 Å². The maximum Gasteiger partial charge on any atom is 0.216 e. The van der Waals surface area contributed by atoms with Crippen molar-refractivity contribution >= 4 is 18.4 Å². The van der Waals surface area contributed by atoms with E-state index in [1.807, 2.05) is 31.2 Å². The van der Waals surface area contributed by atoms with Gasteiger partial charge in [0.05, 0.1) is 6.21 Å². The molecule has 0 atom stereocenters. The predicted molar refractivity (Wildman–Crippen MR) is 87.0 cm³/mol. The fourth-order valence-electron chi connectivity index (χ4n) is 2.07. The van der Waals surface area contributed by atoms with Crippen molar-refractivity contribution in [1.29, 1.82) is 0 Å². The second-order valence-corrected chi connectivity index (χ2v) is 5.16. The Kier molecular flexibility index (Phi) is 3.93. The minimum absolute atomic E-state index is 0.280. The van der Waals surface area contributed by atoms with Crippen LogP contribution in [0.1, 0.15) is 11.1 Å². The number of hydrogen-bond acceptors (Lipinski definition) is 3. The molecule has 22 heavy (non-hydrogen) atoms. The Bertz CT molecular complexity index is 878. The molecule has 0 aliphatic heterocycles. The highest BCUT2D eigenvalue weighted by atomic mass is 32.1. The SMILES string of the molecule is Cc1ccccc1-c1n[nH]c(=S)n1/N=C\c1ccc(F)cc1. The number of halogens is 1. The highest BCUT2D eigenvalue weighted by Gasteiger charge is 2.09. The van der Waals surface area contributed by atoms with E-state index >= 15 is 0 Å². The molecule has 110 valence electrons. The van der Waals surface area contributed by atoms with E-state index in [-0.39, 0.29) is 5.82 Å². The first-order chi connectivity index (χ1) is 10.6. The third-order valence-corrected chi connectivity index (χ3v) is 3.49. The first kappa shape index (κ1) is 14.3. The van der Waals surface area contributed by atoms with E-state index in [1.54, 1.807) is 23.0 Å². The summed E-state index contributed by atoms with van der Waals surface area (Å²) < 4.78 is 14.9. The minimum Gasteiger partial charge on any atom is -0.250 e. The van der Waals surface area contributed by atoms with Crippen molar-refractivity contribution in [2.75, 3.05) is 0 Å². The lowest BCUT2D eigenvalue weighted by Gasteiger charge is -2.04. The first-order valence-corrected chi connectivity index (χ1v) is 7.09. The zero-order valence-corrected chi connectivity index (χ0v) is 12.6. The number of aromatic amines is 1. The van der Waals surface area contributed by atoms with Crippen LogP contribution >= 0.6 is 12.2 Å². The number of aromatic nitrogens is 3. The van der Waals surface area contributed by atoms with E-state index in [2.05, 4.69) is 15.3 Å². The molecule has 0 radical (unpaired) electrons. The van der Waals surface area contributed by atoms with Gasteiger partial charge in [-0.2, -0.15) is 14.9 Å². The van der Waals surface area contributed by atoms with Gasteiger partial charge in [-0.3, -0.25) is 0 Å². The van der Waals surface area contributed by atoms with Crippen LogP contribution in [0.3, 0.4) is 0 Å². The summed E-state index contributed by atoms with van der Waals surface area (Å²) in [6.45, 7) is 2.00. The van der Waals surface area contributed by atoms with Gasteiger partial charge < -0.3 is 0 Å².